The molecule has 1 saturated heterocycles. The smallest absolute Gasteiger partial charge is 0.161 e. The first-order chi connectivity index (χ1) is 12.2. The van der Waals surface area contributed by atoms with Crippen LogP contribution in [0.15, 0.2) is 18.2 Å². The van der Waals surface area contributed by atoms with Gasteiger partial charge in [0, 0.05) is 37.7 Å². The van der Waals surface area contributed by atoms with E-state index in [1.807, 2.05) is 23.9 Å². The van der Waals surface area contributed by atoms with Crippen molar-refractivity contribution in [2.24, 2.45) is 0 Å². The first-order valence-corrected chi connectivity index (χ1v) is 10.3. The van der Waals surface area contributed by atoms with Crippen molar-refractivity contribution in [1.82, 2.24) is 9.80 Å². The molecule has 0 radical (unpaired) electrons. The zero-order valence-corrected chi connectivity index (χ0v) is 16.6. The summed E-state index contributed by atoms with van der Waals surface area (Å²) >= 11 is 2.02. The predicted octanol–water partition coefficient (Wildman–Crippen LogP) is 2.33. The van der Waals surface area contributed by atoms with Crippen LogP contribution in [0.4, 0.5) is 0 Å². The minimum absolute atomic E-state index is 0.273. The summed E-state index contributed by atoms with van der Waals surface area (Å²) in [7, 11) is 1.66. The summed E-state index contributed by atoms with van der Waals surface area (Å²) in [5.74, 6) is 3.85. The predicted molar refractivity (Wildman–Crippen MR) is 105 cm³/mol. The Labute approximate surface area is 156 Å². The lowest BCUT2D eigenvalue weighted by atomic mass is 10.2. The molecule has 2 rings (SSSR count). The van der Waals surface area contributed by atoms with Gasteiger partial charge in [-0.2, -0.15) is 11.8 Å². The molecule has 1 unspecified atom stereocenters. The van der Waals surface area contributed by atoms with Crippen molar-refractivity contribution in [2.75, 3.05) is 57.9 Å². The molecule has 142 valence electrons. The molecule has 1 fully saturated rings. The third-order valence-electron chi connectivity index (χ3n) is 4.53. The molecular weight excluding hydrogens is 336 g/mol. The molecule has 25 heavy (non-hydrogen) atoms. The van der Waals surface area contributed by atoms with Crippen LogP contribution < -0.4 is 9.47 Å². The lowest BCUT2D eigenvalue weighted by molar-refractivity contribution is 0.0705. The minimum atomic E-state index is -0.505. The summed E-state index contributed by atoms with van der Waals surface area (Å²) in [6.07, 6.45) is -0.505. The number of hydrogen-bond acceptors (Lipinski definition) is 6. The summed E-state index contributed by atoms with van der Waals surface area (Å²) in [6, 6.07) is 6.10. The van der Waals surface area contributed by atoms with Crippen LogP contribution in [0.5, 0.6) is 11.5 Å². The molecule has 5 nitrogen and oxygen atoms in total. The molecule has 1 heterocycles. The minimum Gasteiger partial charge on any atom is -0.493 e. The van der Waals surface area contributed by atoms with Gasteiger partial charge in [-0.1, -0.05) is 19.9 Å². The summed E-state index contributed by atoms with van der Waals surface area (Å²) < 4.78 is 11.3. The highest BCUT2D eigenvalue weighted by Crippen LogP contribution is 2.29. The fourth-order valence-electron chi connectivity index (χ4n) is 2.97. The van der Waals surface area contributed by atoms with Crippen LogP contribution in [0.1, 0.15) is 19.4 Å². The van der Waals surface area contributed by atoms with Crippen molar-refractivity contribution in [1.29, 1.82) is 0 Å². The van der Waals surface area contributed by atoms with Crippen LogP contribution in [0.2, 0.25) is 0 Å². The average Bonchev–Trinajstić information content (AvgIpc) is 2.65. The maximum atomic E-state index is 10.2. The van der Waals surface area contributed by atoms with Gasteiger partial charge >= 0.3 is 0 Å². The van der Waals surface area contributed by atoms with Gasteiger partial charge in [0.25, 0.3) is 0 Å². The van der Waals surface area contributed by atoms with E-state index in [0.29, 0.717) is 12.3 Å². The van der Waals surface area contributed by atoms with E-state index in [-0.39, 0.29) is 6.61 Å². The Hall–Kier alpha value is -0.950. The molecule has 1 aromatic rings. The molecule has 0 aromatic heterocycles. The van der Waals surface area contributed by atoms with Gasteiger partial charge < -0.3 is 19.5 Å². The molecular formula is C19H32N2O3S. The molecule has 1 aromatic carbocycles. The van der Waals surface area contributed by atoms with Gasteiger partial charge in [-0.25, -0.2) is 0 Å². The van der Waals surface area contributed by atoms with Crippen molar-refractivity contribution in [3.8, 4) is 11.5 Å². The zero-order valence-electron chi connectivity index (χ0n) is 15.7. The number of benzene rings is 1. The molecule has 0 amide bonds. The fraction of sp³-hybridized carbons (Fsp3) is 0.684. The number of rotatable bonds is 10. The number of nitrogens with zero attached hydrogens (tertiary/aromatic N) is 2. The first kappa shape index (κ1) is 20.4. The van der Waals surface area contributed by atoms with E-state index >= 15 is 0 Å². The Morgan fingerprint density at radius 1 is 1.20 bits per heavy atom. The number of likely N-dealkylation sites (N-methyl/N-ethyl adjacent to an activating group) is 1. The third-order valence-corrected chi connectivity index (χ3v) is 5.48. The van der Waals surface area contributed by atoms with Gasteiger partial charge in [0.1, 0.15) is 12.7 Å². The van der Waals surface area contributed by atoms with Gasteiger partial charge in [0.2, 0.25) is 0 Å². The number of methoxy groups -OCH3 is 1. The molecule has 6 heteroatoms. The summed E-state index contributed by atoms with van der Waals surface area (Å²) in [5.41, 5.74) is 1.24. The summed E-state index contributed by atoms with van der Waals surface area (Å²) in [6.45, 7) is 10.2. The zero-order chi connectivity index (χ0) is 18.1. The van der Waals surface area contributed by atoms with E-state index < -0.39 is 6.10 Å². The summed E-state index contributed by atoms with van der Waals surface area (Å²) in [5, 5.41) is 10.2. The molecule has 1 aliphatic rings. The lowest BCUT2D eigenvalue weighted by Crippen LogP contribution is -2.35. The van der Waals surface area contributed by atoms with Gasteiger partial charge in [0.05, 0.1) is 7.11 Å². The second-order valence-electron chi connectivity index (χ2n) is 6.32. The Morgan fingerprint density at radius 2 is 1.92 bits per heavy atom. The van der Waals surface area contributed by atoms with E-state index in [2.05, 4.69) is 29.7 Å². The molecule has 0 spiro atoms. The quantitative estimate of drug-likeness (QED) is 0.684. The largest absolute Gasteiger partial charge is 0.493 e. The number of hydrogen-bond donors (Lipinski definition) is 1. The maximum Gasteiger partial charge on any atom is 0.161 e. The van der Waals surface area contributed by atoms with E-state index in [9.17, 15) is 5.11 Å². The van der Waals surface area contributed by atoms with Crippen LogP contribution in [0.3, 0.4) is 0 Å². The monoisotopic (exact) mass is 368 g/mol. The molecule has 0 saturated carbocycles. The van der Waals surface area contributed by atoms with Crippen molar-refractivity contribution in [2.45, 2.75) is 26.5 Å². The van der Waals surface area contributed by atoms with Gasteiger partial charge in [-0.3, -0.25) is 4.90 Å². The third kappa shape index (κ3) is 6.70. The SMILES string of the molecule is CCN(CC)CC(O)COc1ccc(CN2CCSCC2)cc1OC. The van der Waals surface area contributed by atoms with Crippen LogP contribution in [-0.2, 0) is 6.54 Å². The molecule has 1 N–H and O–H groups in total. The molecule has 1 aliphatic heterocycles. The number of ether oxygens (including phenoxy) is 2. The van der Waals surface area contributed by atoms with Crippen molar-refractivity contribution in [3.63, 3.8) is 0 Å². The van der Waals surface area contributed by atoms with Gasteiger partial charge in [-0.05, 0) is 30.8 Å². The number of aliphatic hydroxyl groups is 1. The van der Waals surface area contributed by atoms with Crippen LogP contribution in [-0.4, -0.2) is 79.0 Å². The molecule has 1 atom stereocenters. The Bertz CT molecular complexity index is 505. The van der Waals surface area contributed by atoms with E-state index in [0.717, 1.165) is 38.5 Å². The van der Waals surface area contributed by atoms with Crippen molar-refractivity contribution >= 4 is 11.8 Å². The number of aliphatic hydroxyl groups excluding tert-OH is 1. The second kappa shape index (κ2) is 10.9. The summed E-state index contributed by atoms with van der Waals surface area (Å²) in [4.78, 5) is 4.66. The van der Waals surface area contributed by atoms with Crippen molar-refractivity contribution < 1.29 is 14.6 Å². The Balaban J connectivity index is 1.89. The van der Waals surface area contributed by atoms with Crippen LogP contribution >= 0.6 is 11.8 Å². The molecule has 0 bridgehead atoms. The van der Waals surface area contributed by atoms with Crippen molar-refractivity contribution in [3.05, 3.63) is 23.8 Å². The van der Waals surface area contributed by atoms with Gasteiger partial charge in [-0.15, -0.1) is 0 Å². The van der Waals surface area contributed by atoms with E-state index in [1.54, 1.807) is 7.11 Å². The van der Waals surface area contributed by atoms with Crippen LogP contribution in [0.25, 0.3) is 0 Å². The van der Waals surface area contributed by atoms with E-state index in [1.165, 1.54) is 17.1 Å². The second-order valence-corrected chi connectivity index (χ2v) is 7.55. The molecule has 0 aliphatic carbocycles. The standard InChI is InChI=1S/C19H32N2O3S/c1-4-20(5-2)14-17(22)15-24-18-7-6-16(12-19(18)23-3)13-21-8-10-25-11-9-21/h6-7,12,17,22H,4-5,8-11,13-15H2,1-3H3. The highest BCUT2D eigenvalue weighted by atomic mass is 32.2. The number of thioether (sulfide) groups is 1. The Morgan fingerprint density at radius 3 is 2.56 bits per heavy atom. The maximum absolute atomic E-state index is 10.2. The lowest BCUT2D eigenvalue weighted by Gasteiger charge is -2.26. The fourth-order valence-corrected chi connectivity index (χ4v) is 3.94. The van der Waals surface area contributed by atoms with Crippen LogP contribution in [0, 0.1) is 0 Å². The highest BCUT2D eigenvalue weighted by molar-refractivity contribution is 7.99. The normalized spacial score (nSPS) is 16.8. The average molecular weight is 369 g/mol. The topological polar surface area (TPSA) is 45.2 Å². The van der Waals surface area contributed by atoms with E-state index in [4.69, 9.17) is 9.47 Å². The highest BCUT2D eigenvalue weighted by Gasteiger charge is 2.14. The van der Waals surface area contributed by atoms with Gasteiger partial charge in [0.15, 0.2) is 11.5 Å². The Kier molecular flexibility index (Phi) is 8.89. The first-order valence-electron chi connectivity index (χ1n) is 9.16.